The Bertz CT molecular complexity index is 126. The Morgan fingerprint density at radius 1 is 1.58 bits per heavy atom. The maximum absolute atomic E-state index is 9.19. The van der Waals surface area contributed by atoms with Crippen LogP contribution in [0, 0.1) is 5.92 Å². The molecule has 1 rings (SSSR count). The van der Waals surface area contributed by atoms with Crippen molar-refractivity contribution in [2.24, 2.45) is 11.7 Å². The van der Waals surface area contributed by atoms with E-state index < -0.39 is 0 Å². The minimum Gasteiger partial charge on any atom is -0.392 e. The first-order chi connectivity index (χ1) is 5.58. The number of β-amino-alcohol motifs (C(OH)–C–C–N with tert-alkyl or cyclic N) is 1. The van der Waals surface area contributed by atoms with Gasteiger partial charge in [-0.25, -0.2) is 0 Å². The number of aliphatic hydroxyl groups excluding tert-OH is 1. The van der Waals surface area contributed by atoms with E-state index in [0.29, 0.717) is 12.0 Å². The molecule has 0 aliphatic carbocycles. The van der Waals surface area contributed by atoms with Gasteiger partial charge in [-0.05, 0) is 19.3 Å². The van der Waals surface area contributed by atoms with Crippen molar-refractivity contribution in [2.45, 2.75) is 32.4 Å². The van der Waals surface area contributed by atoms with Crippen molar-refractivity contribution in [1.29, 1.82) is 0 Å². The molecule has 0 spiro atoms. The average molecular weight is 172 g/mol. The quantitative estimate of drug-likeness (QED) is 0.618. The first-order valence-electron chi connectivity index (χ1n) is 4.74. The number of nitrogens with zero attached hydrogens (tertiary/aromatic N) is 1. The maximum Gasteiger partial charge on any atom is 0.0639 e. The normalized spacial score (nSPS) is 35.0. The second-order valence-electron chi connectivity index (χ2n) is 4.17. The lowest BCUT2D eigenvalue weighted by molar-refractivity contribution is 0.0909. The summed E-state index contributed by atoms with van der Waals surface area (Å²) in [5.74, 6) is 0.674. The zero-order chi connectivity index (χ0) is 9.14. The van der Waals surface area contributed by atoms with Crippen LogP contribution in [0.3, 0.4) is 0 Å². The molecular weight excluding hydrogens is 152 g/mol. The van der Waals surface area contributed by atoms with Crippen molar-refractivity contribution in [1.82, 2.24) is 4.90 Å². The highest BCUT2D eigenvalue weighted by molar-refractivity contribution is 4.79. The lowest BCUT2D eigenvalue weighted by atomic mass is 9.96. The molecule has 0 amide bonds. The molecule has 1 aliphatic rings. The molecule has 1 fully saturated rings. The van der Waals surface area contributed by atoms with E-state index in [2.05, 4.69) is 11.8 Å². The molecule has 0 bridgehead atoms. The molecule has 0 aromatic heterocycles. The monoisotopic (exact) mass is 172 g/mol. The number of likely N-dealkylation sites (tertiary alicyclic amines) is 1. The summed E-state index contributed by atoms with van der Waals surface area (Å²) in [5.41, 5.74) is 5.87. The van der Waals surface area contributed by atoms with E-state index in [0.717, 1.165) is 26.1 Å². The number of rotatable bonds is 2. The molecule has 0 saturated carbocycles. The molecule has 2 unspecified atom stereocenters. The second-order valence-corrected chi connectivity index (χ2v) is 4.17. The highest BCUT2D eigenvalue weighted by Gasteiger charge is 2.22. The molecule has 1 heterocycles. The second kappa shape index (κ2) is 4.21. The molecule has 0 aromatic carbocycles. The van der Waals surface area contributed by atoms with Gasteiger partial charge in [-0.2, -0.15) is 0 Å². The topological polar surface area (TPSA) is 49.5 Å². The molecule has 72 valence electrons. The van der Waals surface area contributed by atoms with Gasteiger partial charge in [-0.15, -0.1) is 0 Å². The average Bonchev–Trinajstić information content (AvgIpc) is 1.81. The Morgan fingerprint density at radius 3 is 2.75 bits per heavy atom. The minimum absolute atomic E-state index is 0.234. The van der Waals surface area contributed by atoms with Crippen molar-refractivity contribution >= 4 is 0 Å². The molecule has 1 saturated heterocycles. The molecule has 0 radical (unpaired) electrons. The Hall–Kier alpha value is -0.120. The maximum atomic E-state index is 9.19. The SMILES string of the molecule is CC1CC(N)CN(C[C@@H](C)O)C1. The first kappa shape index (κ1) is 9.96. The van der Waals surface area contributed by atoms with Gasteiger partial charge in [0.1, 0.15) is 0 Å². The van der Waals surface area contributed by atoms with Gasteiger partial charge < -0.3 is 10.8 Å². The number of hydrogen-bond acceptors (Lipinski definition) is 3. The van der Waals surface area contributed by atoms with Crippen LogP contribution >= 0.6 is 0 Å². The number of piperidine rings is 1. The van der Waals surface area contributed by atoms with Crippen molar-refractivity contribution < 1.29 is 5.11 Å². The molecule has 3 heteroatoms. The number of aliphatic hydroxyl groups is 1. The van der Waals surface area contributed by atoms with Crippen LogP contribution in [-0.4, -0.2) is 41.8 Å². The van der Waals surface area contributed by atoms with E-state index in [9.17, 15) is 5.11 Å². The number of nitrogens with two attached hydrogens (primary N) is 1. The summed E-state index contributed by atoms with van der Waals surface area (Å²) in [6.45, 7) is 6.82. The van der Waals surface area contributed by atoms with Gasteiger partial charge in [0, 0.05) is 25.7 Å². The Kier molecular flexibility index (Phi) is 3.50. The van der Waals surface area contributed by atoms with Crippen LogP contribution in [0.15, 0.2) is 0 Å². The van der Waals surface area contributed by atoms with Crippen molar-refractivity contribution in [3.05, 3.63) is 0 Å². The fourth-order valence-corrected chi connectivity index (χ4v) is 2.04. The molecule has 0 aromatic rings. The molecule has 1 aliphatic heterocycles. The van der Waals surface area contributed by atoms with Gasteiger partial charge in [0.25, 0.3) is 0 Å². The van der Waals surface area contributed by atoms with Crippen LogP contribution in [0.5, 0.6) is 0 Å². The summed E-state index contributed by atoms with van der Waals surface area (Å²) < 4.78 is 0. The summed E-state index contributed by atoms with van der Waals surface area (Å²) in [6.07, 6.45) is 0.888. The zero-order valence-electron chi connectivity index (χ0n) is 8.03. The van der Waals surface area contributed by atoms with Gasteiger partial charge in [0.2, 0.25) is 0 Å². The fraction of sp³-hybridized carbons (Fsp3) is 1.00. The molecular formula is C9H20N2O. The highest BCUT2D eigenvalue weighted by Crippen LogP contribution is 2.14. The van der Waals surface area contributed by atoms with Gasteiger partial charge in [-0.1, -0.05) is 6.92 Å². The van der Waals surface area contributed by atoms with Crippen LogP contribution in [0.25, 0.3) is 0 Å². The van der Waals surface area contributed by atoms with Crippen molar-refractivity contribution in [3.8, 4) is 0 Å². The molecule has 12 heavy (non-hydrogen) atoms. The largest absolute Gasteiger partial charge is 0.392 e. The summed E-state index contributed by atoms with van der Waals surface area (Å²) in [5, 5.41) is 9.19. The van der Waals surface area contributed by atoms with Gasteiger partial charge in [0.05, 0.1) is 6.10 Å². The van der Waals surface area contributed by atoms with E-state index in [1.807, 2.05) is 6.92 Å². The lowest BCUT2D eigenvalue weighted by Gasteiger charge is -2.35. The third-order valence-electron chi connectivity index (χ3n) is 2.29. The smallest absolute Gasteiger partial charge is 0.0639 e. The van der Waals surface area contributed by atoms with Gasteiger partial charge in [-0.3, -0.25) is 4.90 Å². The van der Waals surface area contributed by atoms with E-state index in [-0.39, 0.29) is 6.10 Å². The predicted molar refractivity (Wildman–Crippen MR) is 49.9 cm³/mol. The van der Waals surface area contributed by atoms with Crippen LogP contribution in [0.4, 0.5) is 0 Å². The first-order valence-corrected chi connectivity index (χ1v) is 4.74. The van der Waals surface area contributed by atoms with Crippen molar-refractivity contribution in [2.75, 3.05) is 19.6 Å². The third-order valence-corrected chi connectivity index (χ3v) is 2.29. The van der Waals surface area contributed by atoms with Crippen LogP contribution in [-0.2, 0) is 0 Å². The van der Waals surface area contributed by atoms with Gasteiger partial charge >= 0.3 is 0 Å². The predicted octanol–water partition coefficient (Wildman–Crippen LogP) is 0.0363. The zero-order valence-corrected chi connectivity index (χ0v) is 8.03. The number of hydrogen-bond donors (Lipinski definition) is 2. The van der Waals surface area contributed by atoms with Crippen LogP contribution in [0.1, 0.15) is 20.3 Å². The lowest BCUT2D eigenvalue weighted by Crippen LogP contribution is -2.48. The summed E-state index contributed by atoms with van der Waals surface area (Å²) in [6, 6.07) is 0.299. The van der Waals surface area contributed by atoms with Crippen molar-refractivity contribution in [3.63, 3.8) is 0 Å². The van der Waals surface area contributed by atoms with E-state index >= 15 is 0 Å². The van der Waals surface area contributed by atoms with Crippen LogP contribution < -0.4 is 5.73 Å². The minimum atomic E-state index is -0.234. The third kappa shape index (κ3) is 3.09. The fourth-order valence-electron chi connectivity index (χ4n) is 2.04. The van der Waals surface area contributed by atoms with Crippen LogP contribution in [0.2, 0.25) is 0 Å². The summed E-state index contributed by atoms with van der Waals surface area (Å²) >= 11 is 0. The Morgan fingerprint density at radius 2 is 2.25 bits per heavy atom. The molecule has 3 atom stereocenters. The Balaban J connectivity index is 2.34. The standard InChI is InChI=1S/C9H20N2O/c1-7-3-9(10)6-11(4-7)5-8(2)12/h7-9,12H,3-6,10H2,1-2H3/t7?,8-,9?/m1/s1. The van der Waals surface area contributed by atoms with E-state index in [1.165, 1.54) is 0 Å². The molecule has 3 N–H and O–H groups in total. The van der Waals surface area contributed by atoms with E-state index in [1.54, 1.807) is 0 Å². The van der Waals surface area contributed by atoms with E-state index in [4.69, 9.17) is 5.73 Å². The van der Waals surface area contributed by atoms with Gasteiger partial charge in [0.15, 0.2) is 0 Å². The summed E-state index contributed by atoms with van der Waals surface area (Å²) in [7, 11) is 0. The molecule has 3 nitrogen and oxygen atoms in total. The Labute approximate surface area is 74.5 Å². The summed E-state index contributed by atoms with van der Waals surface area (Å²) in [4.78, 5) is 2.25. The highest BCUT2D eigenvalue weighted by atomic mass is 16.3.